The summed E-state index contributed by atoms with van der Waals surface area (Å²) in [5.74, 6) is 0.0402. The van der Waals surface area contributed by atoms with Gasteiger partial charge < -0.3 is 20.5 Å². The summed E-state index contributed by atoms with van der Waals surface area (Å²) in [6.07, 6.45) is 2.99. The Hall–Kier alpha value is -5.44. The lowest BCUT2D eigenvalue weighted by atomic mass is 9.74. The minimum atomic E-state index is -1.10. The van der Waals surface area contributed by atoms with Crippen LogP contribution in [0.15, 0.2) is 82.9 Å². The molecule has 0 saturated heterocycles. The summed E-state index contributed by atoms with van der Waals surface area (Å²) in [6.45, 7) is 9.68. The van der Waals surface area contributed by atoms with E-state index in [2.05, 4.69) is 27.8 Å². The summed E-state index contributed by atoms with van der Waals surface area (Å²) < 4.78 is 6.62. The molecule has 6 rings (SSSR count). The van der Waals surface area contributed by atoms with E-state index >= 15 is 0 Å². The van der Waals surface area contributed by atoms with Gasteiger partial charge in [0, 0.05) is 65.1 Å². The number of nitrogens with zero attached hydrogens (tertiary/aromatic N) is 3. The van der Waals surface area contributed by atoms with Crippen LogP contribution in [0.3, 0.4) is 0 Å². The molecule has 0 aromatic heterocycles. The normalized spacial score (nSPS) is 14.5. The molecule has 0 aliphatic carbocycles. The van der Waals surface area contributed by atoms with Gasteiger partial charge >= 0.3 is 5.97 Å². The van der Waals surface area contributed by atoms with Crippen molar-refractivity contribution < 1.29 is 19.4 Å². The maximum atomic E-state index is 14.2. The molecule has 0 fully saturated rings. The van der Waals surface area contributed by atoms with Crippen LogP contribution < -0.4 is 15.4 Å². The van der Waals surface area contributed by atoms with E-state index in [1.54, 1.807) is 12.1 Å². The summed E-state index contributed by atoms with van der Waals surface area (Å²) in [5.41, 5.74) is 6.60. The minimum absolute atomic E-state index is 0.178. The van der Waals surface area contributed by atoms with E-state index < -0.39 is 11.5 Å². The third-order valence-electron chi connectivity index (χ3n) is 8.03. The molecule has 44 heavy (non-hydrogen) atoms. The number of aliphatic imine (C=N–C) groups is 1. The Kier molecular flexibility index (Phi) is 7.38. The van der Waals surface area contributed by atoms with E-state index in [0.717, 1.165) is 52.3 Å². The number of hydrazone groups is 1. The third-order valence-corrected chi connectivity index (χ3v) is 8.03. The molecule has 3 N–H and O–H groups in total. The summed E-state index contributed by atoms with van der Waals surface area (Å²) >= 11 is 0. The highest BCUT2D eigenvalue weighted by Gasteiger charge is 2.57. The van der Waals surface area contributed by atoms with Crippen molar-refractivity contribution >= 4 is 41.4 Å². The summed E-state index contributed by atoms with van der Waals surface area (Å²) in [4.78, 5) is 29.8. The lowest BCUT2D eigenvalue weighted by molar-refractivity contribution is 0.0672. The fourth-order valence-electron chi connectivity index (χ4n) is 6.06. The first-order valence-corrected chi connectivity index (χ1v) is 14.6. The number of fused-ring (bicyclic) bond motifs is 6. The highest BCUT2D eigenvalue weighted by atomic mass is 16.5. The number of nitrogens with one attached hydrogen (secondary N) is 2. The van der Waals surface area contributed by atoms with Crippen LogP contribution in [0.5, 0.6) is 11.5 Å². The highest BCUT2D eigenvalue weighted by molar-refractivity contribution is 6.17. The largest absolute Gasteiger partial charge is 0.478 e. The number of carbonyl (C=O) groups excluding carboxylic acids is 1. The van der Waals surface area contributed by atoms with Crippen LogP contribution in [0, 0.1) is 13.8 Å². The van der Waals surface area contributed by atoms with Crippen molar-refractivity contribution in [1.29, 1.82) is 0 Å². The zero-order valence-corrected chi connectivity index (χ0v) is 25.0. The Balaban J connectivity index is 1.55. The number of rotatable bonds is 8. The molecule has 2 aliphatic heterocycles. The number of carbonyl (C=O) groups is 2. The second-order valence-corrected chi connectivity index (χ2v) is 10.8. The maximum Gasteiger partial charge on any atom is 0.335 e. The molecule has 0 bridgehead atoms. The van der Waals surface area contributed by atoms with Gasteiger partial charge in [-0.1, -0.05) is 18.2 Å². The quantitative estimate of drug-likeness (QED) is 0.189. The summed E-state index contributed by atoms with van der Waals surface area (Å²) in [7, 11) is 0. The fraction of sp³-hybridized carbons (Fsp3) is 0.200. The van der Waals surface area contributed by atoms with Gasteiger partial charge in [-0.25, -0.2) is 9.80 Å². The molecule has 0 radical (unpaired) electrons. The van der Waals surface area contributed by atoms with E-state index in [0.29, 0.717) is 22.7 Å². The van der Waals surface area contributed by atoms with Crippen LogP contribution in [-0.4, -0.2) is 47.5 Å². The Labute approximate surface area is 255 Å². The highest BCUT2D eigenvalue weighted by Crippen LogP contribution is 2.58. The number of anilines is 2. The minimum Gasteiger partial charge on any atom is -0.478 e. The van der Waals surface area contributed by atoms with Gasteiger partial charge in [0.2, 0.25) is 0 Å². The number of carboxylic acids is 1. The van der Waals surface area contributed by atoms with Crippen molar-refractivity contribution in [2.24, 2.45) is 10.1 Å². The zero-order valence-electron chi connectivity index (χ0n) is 25.0. The molecule has 4 aromatic carbocycles. The van der Waals surface area contributed by atoms with Crippen LogP contribution in [0.1, 0.15) is 62.4 Å². The molecule has 4 aromatic rings. The number of ether oxygens (including phenoxy) is 1. The lowest BCUT2D eigenvalue weighted by Gasteiger charge is -2.42. The monoisotopic (exact) mass is 587 g/mol. The summed E-state index contributed by atoms with van der Waals surface area (Å²) in [6, 6.07) is 22.0. The van der Waals surface area contributed by atoms with Crippen LogP contribution >= 0.6 is 0 Å². The predicted octanol–water partition coefficient (Wildman–Crippen LogP) is 7.11. The molecule has 0 atom stereocenters. The van der Waals surface area contributed by atoms with Crippen LogP contribution in [0.2, 0.25) is 0 Å². The Morgan fingerprint density at radius 1 is 0.864 bits per heavy atom. The van der Waals surface area contributed by atoms with Crippen molar-refractivity contribution in [3.05, 3.63) is 112 Å². The van der Waals surface area contributed by atoms with Gasteiger partial charge in [-0.15, -0.1) is 0 Å². The number of aryl methyl sites for hydroxylation is 2. The van der Waals surface area contributed by atoms with E-state index in [9.17, 15) is 14.7 Å². The van der Waals surface area contributed by atoms with Crippen LogP contribution in [0.25, 0.3) is 0 Å². The van der Waals surface area contributed by atoms with Crippen molar-refractivity contribution in [3.63, 3.8) is 0 Å². The molecule has 9 nitrogen and oxygen atoms in total. The van der Waals surface area contributed by atoms with Gasteiger partial charge in [0.1, 0.15) is 17.0 Å². The third kappa shape index (κ3) is 4.57. The first kappa shape index (κ1) is 28.7. The molecule has 222 valence electrons. The van der Waals surface area contributed by atoms with E-state index in [1.165, 1.54) is 29.6 Å². The van der Waals surface area contributed by atoms with E-state index in [1.807, 2.05) is 64.1 Å². The van der Waals surface area contributed by atoms with E-state index in [4.69, 9.17) is 9.84 Å². The standard InChI is InChI=1S/C35H33N5O4/c1-5-36-29-19-31-27(17-21(29)3)35(28-18-22(4)30(37-6-2)20-32(28)44-31)26-10-8-7-9-25(26)33(41)40(35)39-16-15-38-24-13-11-23(12-14-24)34(42)43/h7-20,36-37H,5-6H2,1-4H3,(H,42,43)/b38-15?,39-16+. The van der Waals surface area contributed by atoms with Crippen molar-refractivity contribution in [2.45, 2.75) is 33.2 Å². The average Bonchev–Trinajstić information content (AvgIpc) is 3.26. The molecule has 1 spiro atoms. The number of amides is 1. The molecular formula is C35H33N5O4. The summed E-state index contributed by atoms with van der Waals surface area (Å²) in [5, 5.41) is 22.3. The first-order chi connectivity index (χ1) is 21.3. The predicted molar refractivity (Wildman–Crippen MR) is 173 cm³/mol. The number of benzene rings is 4. The first-order valence-electron chi connectivity index (χ1n) is 14.6. The lowest BCUT2D eigenvalue weighted by Crippen LogP contribution is -2.44. The topological polar surface area (TPSA) is 116 Å². The Bertz CT molecular complexity index is 1780. The number of aromatic carboxylic acids is 1. The fourth-order valence-corrected chi connectivity index (χ4v) is 6.06. The molecule has 0 saturated carbocycles. The number of hydrogen-bond donors (Lipinski definition) is 3. The van der Waals surface area contributed by atoms with Crippen molar-refractivity contribution in [2.75, 3.05) is 23.7 Å². The van der Waals surface area contributed by atoms with Gasteiger partial charge in [0.25, 0.3) is 5.91 Å². The van der Waals surface area contributed by atoms with E-state index in [-0.39, 0.29) is 11.5 Å². The molecular weight excluding hydrogens is 554 g/mol. The van der Waals surface area contributed by atoms with Crippen molar-refractivity contribution in [1.82, 2.24) is 5.01 Å². The molecule has 0 unspecified atom stereocenters. The second-order valence-electron chi connectivity index (χ2n) is 10.8. The maximum absolute atomic E-state index is 14.2. The Morgan fingerprint density at radius 3 is 2.02 bits per heavy atom. The molecule has 1 amide bonds. The second kappa shape index (κ2) is 11.3. The molecule has 9 heteroatoms. The van der Waals surface area contributed by atoms with Crippen LogP contribution in [-0.2, 0) is 5.54 Å². The average molecular weight is 588 g/mol. The van der Waals surface area contributed by atoms with Gasteiger partial charge in [-0.3, -0.25) is 9.79 Å². The molecule has 2 heterocycles. The van der Waals surface area contributed by atoms with Gasteiger partial charge in [0.05, 0.1) is 17.5 Å². The van der Waals surface area contributed by atoms with Gasteiger partial charge in [0.15, 0.2) is 0 Å². The smallest absolute Gasteiger partial charge is 0.335 e. The number of hydrogen-bond acceptors (Lipinski definition) is 7. The van der Waals surface area contributed by atoms with Gasteiger partial charge in [-0.2, -0.15) is 5.10 Å². The van der Waals surface area contributed by atoms with Crippen LogP contribution in [0.4, 0.5) is 17.1 Å². The SMILES string of the molecule is CCNc1cc2c(cc1C)C1(c3cc(C)c(NCC)cc3O2)c2ccccc2C(=O)N1/N=C/C=Nc1ccc(C(=O)O)cc1. The van der Waals surface area contributed by atoms with Gasteiger partial charge in [-0.05, 0) is 81.3 Å². The number of carboxylic acid groups (broad SMARTS) is 1. The molecule has 2 aliphatic rings. The van der Waals surface area contributed by atoms with Crippen molar-refractivity contribution in [3.8, 4) is 11.5 Å². The Morgan fingerprint density at radius 2 is 1.45 bits per heavy atom. The zero-order chi connectivity index (χ0) is 31.0.